The van der Waals surface area contributed by atoms with E-state index < -0.39 is 0 Å². The van der Waals surface area contributed by atoms with Gasteiger partial charge >= 0.3 is 0 Å². The van der Waals surface area contributed by atoms with E-state index in [1.54, 1.807) is 0 Å². The third kappa shape index (κ3) is 4.61. The molecular formula is C34H23Br2N. The number of aromatic nitrogens is 1. The van der Waals surface area contributed by atoms with Crippen LogP contribution in [0, 0.1) is 0 Å². The molecule has 0 bridgehead atoms. The van der Waals surface area contributed by atoms with Crippen molar-refractivity contribution < 1.29 is 0 Å². The first-order valence-corrected chi connectivity index (χ1v) is 13.8. The Morgan fingerprint density at radius 2 is 0.703 bits per heavy atom. The second kappa shape index (κ2) is 10.4. The summed E-state index contributed by atoms with van der Waals surface area (Å²) in [5, 5.41) is 0. The summed E-state index contributed by atoms with van der Waals surface area (Å²) >= 11 is 7.27. The molecule has 0 spiro atoms. The predicted octanol–water partition coefficient (Wildman–Crippen LogP) is 10.7. The van der Waals surface area contributed by atoms with Crippen LogP contribution in [0.15, 0.2) is 148 Å². The van der Waals surface area contributed by atoms with Crippen LogP contribution in [-0.2, 0) is 0 Å². The highest BCUT2D eigenvalue weighted by Crippen LogP contribution is 2.49. The van der Waals surface area contributed by atoms with Crippen molar-refractivity contribution >= 4 is 31.9 Å². The van der Waals surface area contributed by atoms with Gasteiger partial charge in [-0.3, -0.25) is 0 Å². The monoisotopic (exact) mass is 603 g/mol. The zero-order valence-electron chi connectivity index (χ0n) is 20.0. The first-order chi connectivity index (χ1) is 18.2. The van der Waals surface area contributed by atoms with Gasteiger partial charge in [-0.1, -0.05) is 135 Å². The van der Waals surface area contributed by atoms with E-state index in [4.69, 9.17) is 0 Å². The molecule has 0 aliphatic rings. The van der Waals surface area contributed by atoms with Crippen molar-refractivity contribution in [1.82, 2.24) is 4.57 Å². The van der Waals surface area contributed by atoms with Crippen LogP contribution < -0.4 is 0 Å². The summed E-state index contributed by atoms with van der Waals surface area (Å²) in [5.41, 5.74) is 10.6. The lowest BCUT2D eigenvalue weighted by Gasteiger charge is -2.16. The molecule has 37 heavy (non-hydrogen) atoms. The summed E-state index contributed by atoms with van der Waals surface area (Å²) in [6.45, 7) is 0. The van der Waals surface area contributed by atoms with Gasteiger partial charge < -0.3 is 4.57 Å². The first kappa shape index (κ1) is 23.7. The van der Waals surface area contributed by atoms with Gasteiger partial charge in [0, 0.05) is 25.8 Å². The molecule has 0 unspecified atom stereocenters. The molecule has 5 aromatic carbocycles. The van der Waals surface area contributed by atoms with Gasteiger partial charge in [-0.2, -0.15) is 0 Å². The lowest BCUT2D eigenvalue weighted by atomic mass is 9.91. The number of hydrogen-bond donors (Lipinski definition) is 0. The van der Waals surface area contributed by atoms with Crippen LogP contribution in [0.1, 0.15) is 0 Å². The minimum Gasteiger partial charge on any atom is -0.308 e. The SMILES string of the molecule is Brc1ccc(-c2c(-c3ccccc3)c(-c3ccccc3)c(-c3ccc(Br)cc3)n2-c2ccccc2)cc1. The van der Waals surface area contributed by atoms with Crippen molar-refractivity contribution in [1.29, 1.82) is 0 Å². The van der Waals surface area contributed by atoms with Crippen molar-refractivity contribution in [2.45, 2.75) is 0 Å². The second-order valence-corrected chi connectivity index (χ2v) is 10.7. The van der Waals surface area contributed by atoms with E-state index in [0.717, 1.165) is 25.8 Å². The number of para-hydroxylation sites is 1. The normalized spacial score (nSPS) is 11.0. The van der Waals surface area contributed by atoms with Gasteiger partial charge in [0.05, 0.1) is 11.4 Å². The maximum atomic E-state index is 3.63. The number of hydrogen-bond acceptors (Lipinski definition) is 0. The van der Waals surface area contributed by atoms with Crippen molar-refractivity contribution in [2.24, 2.45) is 0 Å². The van der Waals surface area contributed by atoms with Gasteiger partial charge in [0.25, 0.3) is 0 Å². The van der Waals surface area contributed by atoms with Gasteiger partial charge in [0.1, 0.15) is 0 Å². The molecule has 0 fully saturated rings. The standard InChI is InChI=1S/C34H23Br2N/c35-28-20-16-26(17-21-28)33-31(24-10-4-1-5-11-24)32(25-12-6-2-7-13-25)34(27-18-22-29(36)23-19-27)37(33)30-14-8-3-9-15-30/h1-23H. The molecule has 0 saturated heterocycles. The van der Waals surface area contributed by atoms with Gasteiger partial charge in [0.15, 0.2) is 0 Å². The smallest absolute Gasteiger partial charge is 0.0619 e. The molecular weight excluding hydrogens is 582 g/mol. The summed E-state index contributed by atoms with van der Waals surface area (Å²) in [6, 6.07) is 49.4. The Labute approximate surface area is 234 Å². The average Bonchev–Trinajstić information content (AvgIpc) is 3.31. The largest absolute Gasteiger partial charge is 0.308 e. The molecule has 0 N–H and O–H groups in total. The molecule has 1 aromatic heterocycles. The maximum Gasteiger partial charge on any atom is 0.0619 e. The third-order valence-corrected chi connectivity index (χ3v) is 7.60. The van der Waals surface area contributed by atoms with Crippen LogP contribution in [-0.4, -0.2) is 4.57 Å². The van der Waals surface area contributed by atoms with Gasteiger partial charge in [-0.15, -0.1) is 0 Å². The fourth-order valence-electron chi connectivity index (χ4n) is 4.94. The Morgan fingerprint density at radius 3 is 1.08 bits per heavy atom. The molecule has 0 amide bonds. The van der Waals surface area contributed by atoms with Crippen LogP contribution in [0.2, 0.25) is 0 Å². The second-order valence-electron chi connectivity index (χ2n) is 8.86. The Kier molecular flexibility index (Phi) is 6.65. The van der Waals surface area contributed by atoms with Gasteiger partial charge in [0.2, 0.25) is 0 Å². The van der Waals surface area contributed by atoms with E-state index in [2.05, 4.69) is 176 Å². The molecule has 1 nitrogen and oxygen atoms in total. The summed E-state index contributed by atoms with van der Waals surface area (Å²) in [5.74, 6) is 0. The highest BCUT2D eigenvalue weighted by atomic mass is 79.9. The van der Waals surface area contributed by atoms with E-state index in [9.17, 15) is 0 Å². The average molecular weight is 605 g/mol. The first-order valence-electron chi connectivity index (χ1n) is 12.2. The predicted molar refractivity (Wildman–Crippen MR) is 163 cm³/mol. The number of nitrogens with zero attached hydrogens (tertiary/aromatic N) is 1. The van der Waals surface area contributed by atoms with Gasteiger partial charge in [-0.25, -0.2) is 0 Å². The molecule has 0 saturated carbocycles. The fraction of sp³-hybridized carbons (Fsp3) is 0. The lowest BCUT2D eigenvalue weighted by Crippen LogP contribution is -2.00. The highest BCUT2D eigenvalue weighted by Gasteiger charge is 2.27. The van der Waals surface area contributed by atoms with Crippen LogP contribution >= 0.6 is 31.9 Å². The van der Waals surface area contributed by atoms with Crippen molar-refractivity contribution in [3.8, 4) is 50.5 Å². The summed E-state index contributed by atoms with van der Waals surface area (Å²) in [4.78, 5) is 0. The Hall–Kier alpha value is -3.66. The van der Waals surface area contributed by atoms with Crippen LogP contribution in [0.4, 0.5) is 0 Å². The maximum absolute atomic E-state index is 3.63. The lowest BCUT2D eigenvalue weighted by molar-refractivity contribution is 1.10. The zero-order chi connectivity index (χ0) is 25.2. The third-order valence-electron chi connectivity index (χ3n) is 6.55. The summed E-state index contributed by atoms with van der Waals surface area (Å²) < 4.78 is 4.55. The quantitative estimate of drug-likeness (QED) is 0.184. The van der Waals surface area contributed by atoms with E-state index in [0.29, 0.717) is 0 Å². The summed E-state index contributed by atoms with van der Waals surface area (Å²) in [6.07, 6.45) is 0. The van der Waals surface area contributed by atoms with E-state index in [1.807, 2.05) is 0 Å². The van der Waals surface area contributed by atoms with Crippen LogP contribution in [0.5, 0.6) is 0 Å². The molecule has 0 aliphatic heterocycles. The minimum atomic E-state index is 1.06. The topological polar surface area (TPSA) is 4.93 Å². The fourth-order valence-corrected chi connectivity index (χ4v) is 5.47. The van der Waals surface area contributed by atoms with Crippen molar-refractivity contribution in [2.75, 3.05) is 0 Å². The Bertz CT molecular complexity index is 1530. The minimum absolute atomic E-state index is 1.06. The molecule has 0 aliphatic carbocycles. The highest BCUT2D eigenvalue weighted by molar-refractivity contribution is 9.10. The van der Waals surface area contributed by atoms with E-state index >= 15 is 0 Å². The van der Waals surface area contributed by atoms with Gasteiger partial charge in [-0.05, 0) is 58.7 Å². The number of halogens is 2. The van der Waals surface area contributed by atoms with E-state index in [-0.39, 0.29) is 0 Å². The molecule has 0 atom stereocenters. The molecule has 6 aromatic rings. The summed E-state index contributed by atoms with van der Waals surface area (Å²) in [7, 11) is 0. The Balaban J connectivity index is 1.85. The molecule has 6 rings (SSSR count). The van der Waals surface area contributed by atoms with Crippen LogP contribution in [0.25, 0.3) is 50.5 Å². The van der Waals surface area contributed by atoms with Crippen molar-refractivity contribution in [3.05, 3.63) is 148 Å². The number of rotatable bonds is 5. The Morgan fingerprint density at radius 1 is 0.351 bits per heavy atom. The molecule has 3 heteroatoms. The van der Waals surface area contributed by atoms with Crippen LogP contribution in [0.3, 0.4) is 0 Å². The number of benzene rings is 5. The zero-order valence-corrected chi connectivity index (χ0v) is 23.2. The van der Waals surface area contributed by atoms with E-state index in [1.165, 1.54) is 33.6 Å². The molecule has 1 heterocycles. The molecule has 0 radical (unpaired) electrons. The molecule has 178 valence electrons. The van der Waals surface area contributed by atoms with Crippen molar-refractivity contribution in [3.63, 3.8) is 0 Å².